The third-order valence-electron chi connectivity index (χ3n) is 1.06. The monoisotopic (exact) mass is 122 g/mol. The number of allylic oxidation sites excluding steroid dienone is 4. The average Bonchev–Trinajstić information content (AvgIpc) is 1.83. The highest BCUT2D eigenvalue weighted by Gasteiger charge is 1.81. The second-order valence-corrected chi connectivity index (χ2v) is 2.35. The van der Waals surface area contributed by atoms with E-state index in [4.69, 9.17) is 0 Å². The van der Waals surface area contributed by atoms with Gasteiger partial charge in [-0.25, -0.2) is 0 Å². The SMILES string of the molecule is C=CC(=C)CC=C(C)C. The Morgan fingerprint density at radius 2 is 2.00 bits per heavy atom. The molecule has 0 bridgehead atoms. The summed E-state index contributed by atoms with van der Waals surface area (Å²) in [6, 6.07) is 0. The van der Waals surface area contributed by atoms with Crippen molar-refractivity contribution in [1.29, 1.82) is 0 Å². The quantitative estimate of drug-likeness (QED) is 0.398. The largest absolute Gasteiger partial charge is 0.0988 e. The zero-order valence-corrected chi connectivity index (χ0v) is 6.28. The van der Waals surface area contributed by atoms with Crippen LogP contribution in [0.2, 0.25) is 0 Å². The summed E-state index contributed by atoms with van der Waals surface area (Å²) in [5.41, 5.74) is 2.41. The summed E-state index contributed by atoms with van der Waals surface area (Å²) >= 11 is 0. The zero-order chi connectivity index (χ0) is 7.28. The van der Waals surface area contributed by atoms with Crippen LogP contribution in [-0.4, -0.2) is 0 Å². The smallest absolute Gasteiger partial charge is 0.0101 e. The second kappa shape index (κ2) is 4.13. The molecule has 0 aliphatic rings. The van der Waals surface area contributed by atoms with Gasteiger partial charge in [0, 0.05) is 0 Å². The summed E-state index contributed by atoms with van der Waals surface area (Å²) < 4.78 is 0. The maximum absolute atomic E-state index is 3.78. The lowest BCUT2D eigenvalue weighted by atomic mass is 10.2. The molecule has 0 aliphatic carbocycles. The molecule has 0 rings (SSSR count). The first-order valence-corrected chi connectivity index (χ1v) is 3.10. The van der Waals surface area contributed by atoms with Gasteiger partial charge in [-0.3, -0.25) is 0 Å². The van der Waals surface area contributed by atoms with Crippen LogP contribution in [0.5, 0.6) is 0 Å². The molecule has 0 N–H and O–H groups in total. The molecule has 50 valence electrons. The van der Waals surface area contributed by atoms with E-state index in [0.717, 1.165) is 12.0 Å². The Morgan fingerprint density at radius 1 is 1.44 bits per heavy atom. The van der Waals surface area contributed by atoms with Gasteiger partial charge in [-0.05, 0) is 20.3 Å². The highest BCUT2D eigenvalue weighted by molar-refractivity contribution is 5.16. The van der Waals surface area contributed by atoms with Crippen molar-refractivity contribution >= 4 is 0 Å². The number of hydrogen-bond acceptors (Lipinski definition) is 0. The molecule has 0 nitrogen and oxygen atoms in total. The van der Waals surface area contributed by atoms with E-state index in [1.54, 1.807) is 6.08 Å². The van der Waals surface area contributed by atoms with Crippen LogP contribution in [-0.2, 0) is 0 Å². The topological polar surface area (TPSA) is 0 Å². The molecule has 0 spiro atoms. The summed E-state index contributed by atoms with van der Waals surface area (Å²) in [7, 11) is 0. The van der Waals surface area contributed by atoms with E-state index in [0.29, 0.717) is 0 Å². The molecule has 0 unspecified atom stereocenters. The van der Waals surface area contributed by atoms with Gasteiger partial charge in [0.1, 0.15) is 0 Å². The molecule has 0 aliphatic heterocycles. The molecule has 0 aromatic carbocycles. The first-order chi connectivity index (χ1) is 4.16. The Hall–Kier alpha value is -0.780. The van der Waals surface area contributed by atoms with Crippen molar-refractivity contribution in [2.24, 2.45) is 0 Å². The fourth-order valence-corrected chi connectivity index (χ4v) is 0.419. The van der Waals surface area contributed by atoms with E-state index < -0.39 is 0 Å². The third-order valence-corrected chi connectivity index (χ3v) is 1.06. The molecular formula is C9H14. The first kappa shape index (κ1) is 8.22. The van der Waals surface area contributed by atoms with E-state index in [2.05, 4.69) is 33.1 Å². The van der Waals surface area contributed by atoms with Crippen molar-refractivity contribution in [2.75, 3.05) is 0 Å². The van der Waals surface area contributed by atoms with Crippen molar-refractivity contribution in [1.82, 2.24) is 0 Å². The summed E-state index contributed by atoms with van der Waals surface area (Å²) in [6.07, 6.45) is 4.87. The van der Waals surface area contributed by atoms with Crippen LogP contribution in [0.3, 0.4) is 0 Å². The molecular weight excluding hydrogens is 108 g/mol. The van der Waals surface area contributed by atoms with Gasteiger partial charge in [0.2, 0.25) is 0 Å². The minimum atomic E-state index is 0.936. The van der Waals surface area contributed by atoms with Crippen molar-refractivity contribution in [3.8, 4) is 0 Å². The lowest BCUT2D eigenvalue weighted by Gasteiger charge is -1.91. The summed E-state index contributed by atoms with van der Waals surface area (Å²) in [6.45, 7) is 11.6. The lowest BCUT2D eigenvalue weighted by Crippen LogP contribution is -1.71. The molecule has 0 amide bonds. The van der Waals surface area contributed by atoms with Crippen LogP contribution in [0, 0.1) is 0 Å². The summed E-state index contributed by atoms with van der Waals surface area (Å²) in [5, 5.41) is 0. The van der Waals surface area contributed by atoms with Crippen molar-refractivity contribution in [2.45, 2.75) is 20.3 Å². The van der Waals surface area contributed by atoms with Gasteiger partial charge in [-0.1, -0.05) is 36.5 Å². The van der Waals surface area contributed by atoms with Gasteiger partial charge >= 0.3 is 0 Å². The Bertz CT molecular complexity index is 134. The predicted molar refractivity (Wildman–Crippen MR) is 43.4 cm³/mol. The molecule has 0 heteroatoms. The van der Waals surface area contributed by atoms with Crippen molar-refractivity contribution in [3.05, 3.63) is 36.5 Å². The van der Waals surface area contributed by atoms with Gasteiger partial charge in [0.15, 0.2) is 0 Å². The normalized spacial score (nSPS) is 8.22. The van der Waals surface area contributed by atoms with E-state index in [-0.39, 0.29) is 0 Å². The van der Waals surface area contributed by atoms with E-state index in [1.807, 2.05) is 0 Å². The zero-order valence-electron chi connectivity index (χ0n) is 6.28. The fourth-order valence-electron chi connectivity index (χ4n) is 0.419. The molecule has 9 heavy (non-hydrogen) atoms. The number of hydrogen-bond donors (Lipinski definition) is 0. The molecule has 0 saturated heterocycles. The first-order valence-electron chi connectivity index (χ1n) is 3.10. The summed E-state index contributed by atoms with van der Waals surface area (Å²) in [5.74, 6) is 0. The molecule has 0 saturated carbocycles. The third kappa shape index (κ3) is 5.09. The van der Waals surface area contributed by atoms with Gasteiger partial charge < -0.3 is 0 Å². The van der Waals surface area contributed by atoms with Gasteiger partial charge in [0.25, 0.3) is 0 Å². The fraction of sp³-hybridized carbons (Fsp3) is 0.333. The highest BCUT2D eigenvalue weighted by Crippen LogP contribution is 2.02. The molecule has 0 heterocycles. The molecule has 0 aromatic rings. The van der Waals surface area contributed by atoms with E-state index in [9.17, 15) is 0 Å². The lowest BCUT2D eigenvalue weighted by molar-refractivity contribution is 1.23. The molecule has 0 fully saturated rings. The van der Waals surface area contributed by atoms with Crippen molar-refractivity contribution in [3.63, 3.8) is 0 Å². The second-order valence-electron chi connectivity index (χ2n) is 2.35. The Kier molecular flexibility index (Phi) is 3.78. The number of rotatable bonds is 3. The standard InChI is InChI=1S/C9H14/c1-5-9(4)7-6-8(2)3/h5-6H,1,4,7H2,2-3H3. The van der Waals surface area contributed by atoms with Crippen LogP contribution < -0.4 is 0 Å². The molecule has 0 atom stereocenters. The van der Waals surface area contributed by atoms with Crippen LogP contribution in [0.25, 0.3) is 0 Å². The Labute approximate surface area is 57.6 Å². The molecule has 0 aromatic heterocycles. The van der Waals surface area contributed by atoms with Gasteiger partial charge in [-0.2, -0.15) is 0 Å². The minimum Gasteiger partial charge on any atom is -0.0988 e. The van der Waals surface area contributed by atoms with E-state index >= 15 is 0 Å². The summed E-state index contributed by atoms with van der Waals surface area (Å²) in [4.78, 5) is 0. The van der Waals surface area contributed by atoms with E-state index in [1.165, 1.54) is 5.57 Å². The van der Waals surface area contributed by atoms with Gasteiger partial charge in [-0.15, -0.1) is 0 Å². The van der Waals surface area contributed by atoms with Crippen LogP contribution >= 0.6 is 0 Å². The molecule has 0 radical (unpaired) electrons. The maximum Gasteiger partial charge on any atom is -0.0101 e. The van der Waals surface area contributed by atoms with Crippen LogP contribution in [0.15, 0.2) is 36.5 Å². The van der Waals surface area contributed by atoms with Crippen LogP contribution in [0.4, 0.5) is 0 Å². The van der Waals surface area contributed by atoms with Gasteiger partial charge in [0.05, 0.1) is 0 Å². The maximum atomic E-state index is 3.78. The average molecular weight is 122 g/mol. The van der Waals surface area contributed by atoms with Crippen LogP contribution in [0.1, 0.15) is 20.3 Å². The highest BCUT2D eigenvalue weighted by atomic mass is 13.9. The minimum absolute atomic E-state index is 0.936. The van der Waals surface area contributed by atoms with Crippen molar-refractivity contribution < 1.29 is 0 Å². The Morgan fingerprint density at radius 3 is 2.33 bits per heavy atom. The predicted octanol–water partition coefficient (Wildman–Crippen LogP) is 3.08. The Balaban J connectivity index is 3.63.